The molecule has 1 aromatic carbocycles. The number of carbonyl (C=O) groups excluding carboxylic acids is 1. The highest BCUT2D eigenvalue weighted by molar-refractivity contribution is 5.94. The van der Waals surface area contributed by atoms with Gasteiger partial charge in [-0.15, -0.1) is 0 Å². The molecule has 38 heavy (non-hydrogen) atoms. The summed E-state index contributed by atoms with van der Waals surface area (Å²) in [7, 11) is 0. The summed E-state index contributed by atoms with van der Waals surface area (Å²) in [6.45, 7) is 2.90. The number of rotatable bonds is 4. The van der Waals surface area contributed by atoms with Crippen molar-refractivity contribution in [1.29, 1.82) is 0 Å². The largest absolute Gasteiger partial charge is 0.449 e. The number of nitrogens with zero attached hydrogens (tertiary/aromatic N) is 4. The molecule has 1 aliphatic carbocycles. The molecule has 196 valence electrons. The van der Waals surface area contributed by atoms with Crippen LogP contribution in [0.1, 0.15) is 45.6 Å². The van der Waals surface area contributed by atoms with E-state index in [1.165, 1.54) is 6.26 Å². The summed E-state index contributed by atoms with van der Waals surface area (Å²) in [4.78, 5) is 33.8. The summed E-state index contributed by atoms with van der Waals surface area (Å²) >= 11 is 0. The monoisotopic (exact) mass is 512 g/mol. The van der Waals surface area contributed by atoms with Crippen molar-refractivity contribution in [1.82, 2.24) is 20.1 Å². The van der Waals surface area contributed by atoms with Crippen LogP contribution in [0.25, 0.3) is 0 Å². The van der Waals surface area contributed by atoms with Crippen LogP contribution in [0.5, 0.6) is 0 Å². The number of nitrogen functional groups attached to an aromatic ring is 1. The van der Waals surface area contributed by atoms with Crippen LogP contribution < -0.4 is 16.2 Å². The first-order valence-corrected chi connectivity index (χ1v) is 13.0. The number of aromatic amines is 1. The smallest absolute Gasteiger partial charge is 0.267 e. The van der Waals surface area contributed by atoms with Crippen molar-refractivity contribution in [2.24, 2.45) is 0 Å². The lowest BCUT2D eigenvalue weighted by Gasteiger charge is -2.35. The van der Waals surface area contributed by atoms with Crippen molar-refractivity contribution >= 4 is 17.6 Å². The van der Waals surface area contributed by atoms with Gasteiger partial charge in [0.15, 0.2) is 5.88 Å². The van der Waals surface area contributed by atoms with E-state index in [0.717, 1.165) is 67.0 Å². The van der Waals surface area contributed by atoms with Crippen molar-refractivity contribution in [2.45, 2.75) is 32.1 Å². The predicted octanol–water partition coefficient (Wildman–Crippen LogP) is 3.46. The highest BCUT2D eigenvalue weighted by atomic mass is 16.3. The van der Waals surface area contributed by atoms with Gasteiger partial charge < -0.3 is 20.0 Å². The molecule has 3 N–H and O–H groups in total. The zero-order valence-electron chi connectivity index (χ0n) is 21.3. The third kappa shape index (κ3) is 5.94. The Morgan fingerprint density at radius 1 is 0.974 bits per heavy atom. The maximum Gasteiger partial charge on any atom is 0.267 e. The second-order valence-corrected chi connectivity index (χ2v) is 9.52. The van der Waals surface area contributed by atoms with E-state index in [1.807, 2.05) is 47.4 Å². The first kappa shape index (κ1) is 25.3. The number of anilines is 2. The van der Waals surface area contributed by atoms with Gasteiger partial charge in [-0.25, -0.2) is 10.1 Å². The summed E-state index contributed by atoms with van der Waals surface area (Å²) in [5.74, 6) is 1.48. The summed E-state index contributed by atoms with van der Waals surface area (Å²) in [5, 5.41) is 7.01. The van der Waals surface area contributed by atoms with Gasteiger partial charge in [-0.3, -0.25) is 9.59 Å². The molecule has 9 nitrogen and oxygen atoms in total. The van der Waals surface area contributed by atoms with Crippen LogP contribution in [0.2, 0.25) is 0 Å². The third-order valence-corrected chi connectivity index (χ3v) is 7.01. The van der Waals surface area contributed by atoms with Crippen LogP contribution in [0.4, 0.5) is 11.7 Å². The molecule has 0 saturated carbocycles. The Morgan fingerprint density at radius 3 is 2.47 bits per heavy atom. The molecule has 0 unspecified atom stereocenters. The maximum atomic E-state index is 13.2. The molecule has 0 spiro atoms. The van der Waals surface area contributed by atoms with E-state index in [0.29, 0.717) is 31.0 Å². The van der Waals surface area contributed by atoms with Crippen molar-refractivity contribution in [2.75, 3.05) is 36.8 Å². The van der Waals surface area contributed by atoms with Crippen LogP contribution in [0.3, 0.4) is 0 Å². The van der Waals surface area contributed by atoms with Crippen molar-refractivity contribution < 1.29 is 9.21 Å². The molecule has 3 aromatic heterocycles. The number of pyridine rings is 1. The van der Waals surface area contributed by atoms with Gasteiger partial charge in [-0.2, -0.15) is 5.10 Å². The fourth-order valence-electron chi connectivity index (χ4n) is 5.03. The second kappa shape index (κ2) is 11.8. The minimum atomic E-state index is -0.0581. The second-order valence-electron chi connectivity index (χ2n) is 9.52. The number of nitrogens with two attached hydrogens (primary N) is 1. The van der Waals surface area contributed by atoms with E-state index in [4.69, 9.17) is 5.73 Å². The number of carbonyl (C=O) groups is 1. The number of amides is 1. The summed E-state index contributed by atoms with van der Waals surface area (Å²) in [5.41, 5.74) is 9.70. The Kier molecular flexibility index (Phi) is 7.82. The summed E-state index contributed by atoms with van der Waals surface area (Å²) in [6, 6.07) is 17.2. The fourth-order valence-corrected chi connectivity index (χ4v) is 5.03. The van der Waals surface area contributed by atoms with Crippen LogP contribution >= 0.6 is 0 Å². The van der Waals surface area contributed by atoms with Crippen LogP contribution in [0.15, 0.2) is 76.3 Å². The van der Waals surface area contributed by atoms with Gasteiger partial charge in [0, 0.05) is 56.0 Å². The average Bonchev–Trinajstić information content (AvgIpc) is 3.46. The molecule has 4 aromatic rings. The number of benzene rings is 1. The van der Waals surface area contributed by atoms with E-state index in [2.05, 4.69) is 24.5 Å². The molecule has 0 radical (unpaired) electrons. The maximum absolute atomic E-state index is 13.2. The van der Waals surface area contributed by atoms with Gasteiger partial charge in [0.2, 0.25) is 0 Å². The quantitative estimate of drug-likeness (QED) is 0.429. The zero-order valence-corrected chi connectivity index (χ0v) is 21.3. The van der Waals surface area contributed by atoms with Gasteiger partial charge in [0.1, 0.15) is 5.82 Å². The highest BCUT2D eigenvalue weighted by Gasteiger charge is 2.23. The minimum absolute atomic E-state index is 0.0581. The normalized spacial score (nSPS) is 14.8. The Hall–Kier alpha value is -4.40. The molecule has 1 fully saturated rings. The number of fused-ring (bicyclic) bond motifs is 1. The molecule has 1 aliphatic heterocycles. The Bertz CT molecular complexity index is 1410. The molecule has 1 saturated heterocycles. The first-order valence-electron chi connectivity index (χ1n) is 13.0. The summed E-state index contributed by atoms with van der Waals surface area (Å²) < 4.78 is 4.61. The number of hydrogen-bond donors (Lipinski definition) is 2. The summed E-state index contributed by atoms with van der Waals surface area (Å²) in [6.07, 6.45) is 7.82. The molecule has 1 amide bonds. The highest BCUT2D eigenvalue weighted by Crippen LogP contribution is 2.23. The number of aromatic nitrogens is 3. The molecule has 6 rings (SSSR count). The van der Waals surface area contributed by atoms with Gasteiger partial charge in [0.05, 0.1) is 12.0 Å². The number of hydrogen-bond acceptors (Lipinski definition) is 7. The van der Waals surface area contributed by atoms with E-state index >= 15 is 0 Å². The van der Waals surface area contributed by atoms with Crippen molar-refractivity contribution in [3.8, 4) is 0 Å². The van der Waals surface area contributed by atoms with Crippen LogP contribution in [-0.2, 0) is 19.3 Å². The first-order chi connectivity index (χ1) is 18.6. The zero-order chi connectivity index (χ0) is 26.3. The lowest BCUT2D eigenvalue weighted by atomic mass is 9.90. The Labute approximate surface area is 221 Å². The Balaban J connectivity index is 0.000000433. The van der Waals surface area contributed by atoms with Gasteiger partial charge in [0.25, 0.3) is 11.5 Å². The van der Waals surface area contributed by atoms with E-state index in [9.17, 15) is 9.59 Å². The molecule has 0 bridgehead atoms. The topological polar surface area (TPSA) is 121 Å². The van der Waals surface area contributed by atoms with Gasteiger partial charge in [-0.1, -0.05) is 18.2 Å². The van der Waals surface area contributed by atoms with E-state index in [-0.39, 0.29) is 11.5 Å². The molecular weight excluding hydrogens is 480 g/mol. The van der Waals surface area contributed by atoms with Crippen LogP contribution in [-0.4, -0.2) is 52.2 Å². The standard InChI is InChI=1S/C25H27N5O2.C4H5NO/c31-24-21-9-2-1-8-20(21)22(27-28-24)17-18-6-5-7-19(16-18)25(32)30-14-12-29(13-15-30)23-10-3-4-11-26-23;5-4-2-1-3-6-4/h3-7,10-11,16H,1-2,8-9,12-15,17H2,(H,28,31);1-3H,5H2. The number of nitrogens with one attached hydrogen (secondary N) is 1. The fraction of sp³-hybridized carbons (Fsp3) is 0.310. The lowest BCUT2D eigenvalue weighted by molar-refractivity contribution is 0.0746. The van der Waals surface area contributed by atoms with Gasteiger partial charge >= 0.3 is 0 Å². The molecular formula is C29H32N6O3. The van der Waals surface area contributed by atoms with Gasteiger partial charge in [-0.05, 0) is 67.1 Å². The third-order valence-electron chi connectivity index (χ3n) is 7.01. The molecule has 9 heteroatoms. The Morgan fingerprint density at radius 2 is 1.79 bits per heavy atom. The van der Waals surface area contributed by atoms with Crippen molar-refractivity contribution in [3.05, 3.63) is 105 Å². The predicted molar refractivity (Wildman–Crippen MR) is 146 cm³/mol. The molecule has 0 atom stereocenters. The van der Waals surface area contributed by atoms with Crippen LogP contribution in [0, 0.1) is 0 Å². The minimum Gasteiger partial charge on any atom is -0.449 e. The number of furan rings is 1. The van der Waals surface area contributed by atoms with Crippen molar-refractivity contribution in [3.63, 3.8) is 0 Å². The molecule has 2 aliphatic rings. The molecule has 4 heterocycles. The number of piperazine rings is 1. The average molecular weight is 513 g/mol. The van der Waals surface area contributed by atoms with E-state index in [1.54, 1.807) is 18.3 Å². The number of H-pyrrole nitrogens is 1. The lowest BCUT2D eigenvalue weighted by Crippen LogP contribution is -2.49. The SMILES string of the molecule is Nc1ccco1.O=C(c1cccc(Cc2n[nH]c(=O)c3c2CCCC3)c1)N1CCN(c2ccccn2)CC1. The van der Waals surface area contributed by atoms with E-state index < -0.39 is 0 Å².